The van der Waals surface area contributed by atoms with E-state index in [4.69, 9.17) is 5.11 Å². The molecule has 0 aliphatic carbocycles. The minimum Gasteiger partial charge on any atom is -0.480 e. The predicted molar refractivity (Wildman–Crippen MR) is 72.7 cm³/mol. The molecule has 0 amide bonds. The number of aliphatic carboxylic acids is 1. The number of carbonyl (C=O) groups is 2. The van der Waals surface area contributed by atoms with Crippen molar-refractivity contribution < 1.29 is 14.7 Å². The van der Waals surface area contributed by atoms with Gasteiger partial charge in [-0.3, -0.25) is 14.9 Å². The Morgan fingerprint density at radius 2 is 1.50 bits per heavy atom. The first-order valence-corrected chi connectivity index (χ1v) is 7.06. The Bertz CT molecular complexity index is 227. The molecule has 0 aliphatic heterocycles. The molecule has 0 saturated carbocycles. The number of Topliss-reactive ketones (excluding diaryl/α,β-unsaturated/α-hetero) is 1. The highest BCUT2D eigenvalue weighted by Crippen LogP contribution is 2.07. The highest BCUT2D eigenvalue weighted by Gasteiger charge is 2.20. The van der Waals surface area contributed by atoms with Gasteiger partial charge in [-0.15, -0.1) is 0 Å². The van der Waals surface area contributed by atoms with Crippen LogP contribution in [0.1, 0.15) is 65.2 Å². The van der Waals surface area contributed by atoms with Gasteiger partial charge in [-0.2, -0.15) is 0 Å². The maximum atomic E-state index is 11.0. The van der Waals surface area contributed by atoms with Gasteiger partial charge in [0.05, 0.1) is 0 Å². The molecule has 0 aliphatic rings. The molecule has 0 aromatic rings. The van der Waals surface area contributed by atoms with Crippen molar-refractivity contribution in [1.29, 1.82) is 0 Å². The van der Waals surface area contributed by atoms with Gasteiger partial charge in [-0.25, -0.2) is 0 Å². The van der Waals surface area contributed by atoms with Gasteiger partial charge in [-0.1, -0.05) is 51.9 Å². The lowest BCUT2D eigenvalue weighted by Gasteiger charge is -2.10. The molecule has 0 aromatic carbocycles. The number of rotatable bonds is 12. The molecule has 18 heavy (non-hydrogen) atoms. The second kappa shape index (κ2) is 11.2. The van der Waals surface area contributed by atoms with Crippen molar-refractivity contribution in [2.75, 3.05) is 6.54 Å². The quantitative estimate of drug-likeness (QED) is 0.417. The van der Waals surface area contributed by atoms with Crippen molar-refractivity contribution in [1.82, 2.24) is 5.32 Å². The molecule has 0 spiro atoms. The van der Waals surface area contributed by atoms with Crippen LogP contribution in [-0.2, 0) is 9.59 Å². The zero-order valence-electron chi connectivity index (χ0n) is 11.7. The molecule has 0 fully saturated rings. The summed E-state index contributed by atoms with van der Waals surface area (Å²) in [4.78, 5) is 21.7. The molecule has 2 N–H and O–H groups in total. The van der Waals surface area contributed by atoms with Crippen LogP contribution >= 0.6 is 0 Å². The number of unbranched alkanes of at least 4 members (excludes halogenated alkanes) is 7. The van der Waals surface area contributed by atoms with E-state index in [2.05, 4.69) is 12.2 Å². The topological polar surface area (TPSA) is 66.4 Å². The fraction of sp³-hybridized carbons (Fsp3) is 0.857. The van der Waals surface area contributed by atoms with Crippen LogP contribution in [0.5, 0.6) is 0 Å². The highest BCUT2D eigenvalue weighted by molar-refractivity contribution is 6.01. The third-order valence-electron chi connectivity index (χ3n) is 3.03. The Kier molecular flexibility index (Phi) is 10.6. The second-order valence-corrected chi connectivity index (χ2v) is 4.81. The van der Waals surface area contributed by atoms with Crippen molar-refractivity contribution in [3.8, 4) is 0 Å². The Morgan fingerprint density at radius 1 is 1.00 bits per heavy atom. The molecule has 106 valence electrons. The number of nitrogens with one attached hydrogen (secondary N) is 1. The Labute approximate surface area is 110 Å². The Balaban J connectivity index is 3.39. The minimum absolute atomic E-state index is 0.331. The number of hydrogen-bond acceptors (Lipinski definition) is 3. The van der Waals surface area contributed by atoms with Crippen molar-refractivity contribution in [2.45, 2.75) is 71.3 Å². The van der Waals surface area contributed by atoms with Gasteiger partial charge in [0.1, 0.15) is 0 Å². The zero-order chi connectivity index (χ0) is 13.8. The lowest BCUT2D eigenvalue weighted by Crippen LogP contribution is -2.42. The van der Waals surface area contributed by atoms with E-state index in [0.29, 0.717) is 6.54 Å². The van der Waals surface area contributed by atoms with Crippen molar-refractivity contribution in [2.24, 2.45) is 0 Å². The molecular formula is C14H27NO3. The summed E-state index contributed by atoms with van der Waals surface area (Å²) in [5.41, 5.74) is 0. The Morgan fingerprint density at radius 3 is 1.94 bits per heavy atom. The second-order valence-electron chi connectivity index (χ2n) is 4.81. The third kappa shape index (κ3) is 9.16. The number of hydrogen-bond donors (Lipinski definition) is 2. The number of ketones is 1. The molecule has 1 atom stereocenters. The molecule has 0 radical (unpaired) electrons. The van der Waals surface area contributed by atoms with Gasteiger partial charge < -0.3 is 5.11 Å². The third-order valence-corrected chi connectivity index (χ3v) is 3.03. The largest absolute Gasteiger partial charge is 0.480 e. The summed E-state index contributed by atoms with van der Waals surface area (Å²) in [6.45, 7) is 4.12. The van der Waals surface area contributed by atoms with Crippen LogP contribution in [-0.4, -0.2) is 29.4 Å². The van der Waals surface area contributed by atoms with Gasteiger partial charge in [-0.05, 0) is 19.9 Å². The van der Waals surface area contributed by atoms with Crippen LogP contribution in [0.15, 0.2) is 0 Å². The van der Waals surface area contributed by atoms with E-state index in [1.165, 1.54) is 45.4 Å². The lowest BCUT2D eigenvalue weighted by molar-refractivity contribution is -0.142. The summed E-state index contributed by atoms with van der Waals surface area (Å²) in [6, 6.07) is -1.03. The molecule has 0 heterocycles. The summed E-state index contributed by atoms with van der Waals surface area (Å²) in [7, 11) is 0. The van der Waals surface area contributed by atoms with Crippen LogP contribution in [0, 0.1) is 0 Å². The minimum atomic E-state index is -1.08. The SMILES string of the molecule is CCCCCCCCCCNC(C(C)=O)C(=O)O. The van der Waals surface area contributed by atoms with E-state index >= 15 is 0 Å². The van der Waals surface area contributed by atoms with E-state index < -0.39 is 12.0 Å². The first kappa shape index (κ1) is 17.1. The summed E-state index contributed by atoms with van der Waals surface area (Å²) in [6.07, 6.45) is 9.70. The first-order valence-electron chi connectivity index (χ1n) is 7.06. The van der Waals surface area contributed by atoms with Crippen LogP contribution < -0.4 is 5.32 Å². The van der Waals surface area contributed by atoms with E-state index in [1.807, 2.05) is 0 Å². The number of carbonyl (C=O) groups excluding carboxylic acids is 1. The molecule has 0 rings (SSSR count). The summed E-state index contributed by atoms with van der Waals surface area (Å²) < 4.78 is 0. The fourth-order valence-corrected chi connectivity index (χ4v) is 1.91. The van der Waals surface area contributed by atoms with Gasteiger partial charge in [0.25, 0.3) is 0 Å². The molecule has 0 saturated heterocycles. The van der Waals surface area contributed by atoms with Crippen LogP contribution in [0.25, 0.3) is 0 Å². The van der Waals surface area contributed by atoms with Crippen LogP contribution in [0.4, 0.5) is 0 Å². The van der Waals surface area contributed by atoms with E-state index in [1.54, 1.807) is 0 Å². The molecule has 1 unspecified atom stereocenters. The molecule has 4 nitrogen and oxygen atoms in total. The maximum absolute atomic E-state index is 11.0. The predicted octanol–water partition coefficient (Wildman–Crippen LogP) is 2.76. The first-order chi connectivity index (χ1) is 8.59. The highest BCUT2D eigenvalue weighted by atomic mass is 16.4. The molecule has 4 heteroatoms. The summed E-state index contributed by atoms with van der Waals surface area (Å²) in [5.74, 6) is -1.41. The van der Waals surface area contributed by atoms with E-state index in [-0.39, 0.29) is 5.78 Å². The number of carboxylic acid groups (broad SMARTS) is 1. The van der Waals surface area contributed by atoms with Crippen molar-refractivity contribution in [3.05, 3.63) is 0 Å². The van der Waals surface area contributed by atoms with Gasteiger partial charge in [0.2, 0.25) is 0 Å². The average Bonchev–Trinajstić information content (AvgIpc) is 2.30. The number of carboxylic acids is 1. The van der Waals surface area contributed by atoms with Crippen molar-refractivity contribution in [3.63, 3.8) is 0 Å². The van der Waals surface area contributed by atoms with Gasteiger partial charge in [0, 0.05) is 0 Å². The van der Waals surface area contributed by atoms with Crippen LogP contribution in [0.3, 0.4) is 0 Å². The fourth-order valence-electron chi connectivity index (χ4n) is 1.91. The summed E-state index contributed by atoms with van der Waals surface area (Å²) >= 11 is 0. The molecular weight excluding hydrogens is 230 g/mol. The molecule has 0 aromatic heterocycles. The van der Waals surface area contributed by atoms with Crippen molar-refractivity contribution >= 4 is 11.8 Å². The smallest absolute Gasteiger partial charge is 0.328 e. The molecule has 0 bridgehead atoms. The standard InChI is InChI=1S/C14H27NO3/c1-3-4-5-6-7-8-9-10-11-15-13(12(2)16)14(17)18/h13,15H,3-11H2,1-2H3,(H,17,18). The van der Waals surface area contributed by atoms with Gasteiger partial charge >= 0.3 is 5.97 Å². The monoisotopic (exact) mass is 257 g/mol. The van der Waals surface area contributed by atoms with Crippen LogP contribution in [0.2, 0.25) is 0 Å². The van der Waals surface area contributed by atoms with E-state index in [0.717, 1.165) is 12.8 Å². The Hall–Kier alpha value is -0.900. The van der Waals surface area contributed by atoms with Gasteiger partial charge in [0.15, 0.2) is 11.8 Å². The maximum Gasteiger partial charge on any atom is 0.328 e. The zero-order valence-corrected chi connectivity index (χ0v) is 11.7. The average molecular weight is 257 g/mol. The lowest BCUT2D eigenvalue weighted by atomic mass is 10.1. The van der Waals surface area contributed by atoms with E-state index in [9.17, 15) is 9.59 Å². The normalized spacial score (nSPS) is 12.3. The summed E-state index contributed by atoms with van der Waals surface area (Å²) in [5, 5.41) is 11.6.